The predicted octanol–water partition coefficient (Wildman–Crippen LogP) is 3.75. The van der Waals surface area contributed by atoms with Crippen molar-refractivity contribution in [2.45, 2.75) is 26.3 Å². The van der Waals surface area contributed by atoms with Crippen molar-refractivity contribution >= 4 is 22.4 Å². The van der Waals surface area contributed by atoms with Crippen LogP contribution in [0.3, 0.4) is 0 Å². The number of carboxylic acids is 1. The number of nitrogens with one attached hydrogen (secondary N) is 1. The molecule has 0 radical (unpaired) electrons. The highest BCUT2D eigenvalue weighted by atomic mass is 16.4. The van der Waals surface area contributed by atoms with Gasteiger partial charge in [0.1, 0.15) is 6.04 Å². The van der Waals surface area contributed by atoms with Gasteiger partial charge in [-0.15, -0.1) is 0 Å². The van der Waals surface area contributed by atoms with Gasteiger partial charge in [-0.3, -0.25) is 0 Å². The third-order valence-corrected chi connectivity index (χ3v) is 3.10. The van der Waals surface area contributed by atoms with Crippen LogP contribution >= 0.6 is 0 Å². The summed E-state index contributed by atoms with van der Waals surface area (Å²) >= 11 is 0. The minimum absolute atomic E-state index is 0.342. The average Bonchev–Trinajstić information content (AvgIpc) is 2.37. The molecule has 1 atom stereocenters. The van der Waals surface area contributed by atoms with Gasteiger partial charge in [-0.1, -0.05) is 44.2 Å². The maximum absolute atomic E-state index is 11.2. The number of carboxylic acid groups (broad SMARTS) is 1. The van der Waals surface area contributed by atoms with Gasteiger partial charge in [0, 0.05) is 5.69 Å². The normalized spacial score (nSPS) is 12.6. The Hall–Kier alpha value is -2.03. The van der Waals surface area contributed by atoms with Crippen molar-refractivity contribution in [3.8, 4) is 0 Å². The van der Waals surface area contributed by atoms with Crippen molar-refractivity contribution in [3.05, 3.63) is 42.5 Å². The second-order valence-corrected chi connectivity index (χ2v) is 5.23. The van der Waals surface area contributed by atoms with Crippen LogP contribution in [-0.2, 0) is 4.79 Å². The van der Waals surface area contributed by atoms with Crippen LogP contribution in [0.1, 0.15) is 20.3 Å². The van der Waals surface area contributed by atoms with Gasteiger partial charge < -0.3 is 10.4 Å². The van der Waals surface area contributed by atoms with Crippen molar-refractivity contribution in [1.82, 2.24) is 0 Å². The van der Waals surface area contributed by atoms with E-state index in [1.54, 1.807) is 0 Å². The zero-order valence-electron chi connectivity index (χ0n) is 11.3. The molecule has 0 saturated carbocycles. The van der Waals surface area contributed by atoms with Crippen LogP contribution in [-0.4, -0.2) is 17.1 Å². The summed E-state index contributed by atoms with van der Waals surface area (Å²) in [6.45, 7) is 4.05. The molecule has 2 aromatic rings. The van der Waals surface area contributed by atoms with Crippen LogP contribution in [0.15, 0.2) is 42.5 Å². The molecule has 0 aromatic heterocycles. The van der Waals surface area contributed by atoms with Crippen molar-refractivity contribution in [2.24, 2.45) is 5.92 Å². The summed E-state index contributed by atoms with van der Waals surface area (Å²) in [5.74, 6) is -0.462. The highest BCUT2D eigenvalue weighted by Gasteiger charge is 2.18. The Morgan fingerprint density at radius 3 is 2.47 bits per heavy atom. The summed E-state index contributed by atoms with van der Waals surface area (Å²) in [6, 6.07) is 13.4. The third kappa shape index (κ3) is 3.47. The second kappa shape index (κ2) is 5.74. The van der Waals surface area contributed by atoms with E-state index in [9.17, 15) is 9.90 Å². The van der Waals surface area contributed by atoms with Crippen molar-refractivity contribution in [3.63, 3.8) is 0 Å². The number of aliphatic carboxylic acids is 1. The maximum atomic E-state index is 11.2. The molecular formula is C16H19NO2. The Balaban J connectivity index is 2.21. The first-order chi connectivity index (χ1) is 9.06. The highest BCUT2D eigenvalue weighted by molar-refractivity contribution is 5.86. The van der Waals surface area contributed by atoms with Crippen molar-refractivity contribution in [1.29, 1.82) is 0 Å². The third-order valence-electron chi connectivity index (χ3n) is 3.10. The van der Waals surface area contributed by atoms with Crippen molar-refractivity contribution < 1.29 is 9.90 Å². The molecule has 100 valence electrons. The zero-order valence-corrected chi connectivity index (χ0v) is 11.3. The minimum Gasteiger partial charge on any atom is -0.480 e. The molecule has 2 N–H and O–H groups in total. The molecule has 0 fully saturated rings. The first kappa shape index (κ1) is 13.4. The van der Waals surface area contributed by atoms with Gasteiger partial charge in [0.05, 0.1) is 0 Å². The van der Waals surface area contributed by atoms with Crippen LogP contribution in [0.25, 0.3) is 10.8 Å². The van der Waals surface area contributed by atoms with Gasteiger partial charge in [0.25, 0.3) is 0 Å². The van der Waals surface area contributed by atoms with Crippen LogP contribution in [0.2, 0.25) is 0 Å². The Morgan fingerprint density at radius 1 is 1.16 bits per heavy atom. The molecule has 0 saturated heterocycles. The van der Waals surface area contributed by atoms with E-state index in [0.29, 0.717) is 12.3 Å². The minimum atomic E-state index is -0.804. The quantitative estimate of drug-likeness (QED) is 0.857. The lowest BCUT2D eigenvalue weighted by atomic mass is 10.0. The molecule has 3 nitrogen and oxygen atoms in total. The summed E-state index contributed by atoms with van der Waals surface area (Å²) in [4.78, 5) is 11.2. The Morgan fingerprint density at radius 2 is 1.84 bits per heavy atom. The second-order valence-electron chi connectivity index (χ2n) is 5.23. The fourth-order valence-corrected chi connectivity index (χ4v) is 2.17. The van der Waals surface area contributed by atoms with Crippen molar-refractivity contribution in [2.75, 3.05) is 5.32 Å². The summed E-state index contributed by atoms with van der Waals surface area (Å²) in [5.41, 5.74) is 0.853. The largest absolute Gasteiger partial charge is 0.480 e. The number of rotatable bonds is 5. The van der Waals surface area contributed by atoms with E-state index >= 15 is 0 Å². The first-order valence-electron chi connectivity index (χ1n) is 6.54. The van der Waals surface area contributed by atoms with Crippen LogP contribution in [0.4, 0.5) is 5.69 Å². The lowest BCUT2D eigenvalue weighted by Gasteiger charge is -2.18. The standard InChI is InChI=1S/C16H19NO2/c1-11(2)9-15(16(18)19)17-14-8-7-12-5-3-4-6-13(12)10-14/h3-8,10-11,15,17H,9H2,1-2H3,(H,18,19). The van der Waals surface area contributed by atoms with Crippen LogP contribution in [0.5, 0.6) is 0 Å². The Bertz CT molecular complexity index is 578. The molecule has 19 heavy (non-hydrogen) atoms. The smallest absolute Gasteiger partial charge is 0.326 e. The molecule has 0 amide bonds. The molecule has 0 spiro atoms. The highest BCUT2D eigenvalue weighted by Crippen LogP contribution is 2.20. The van der Waals surface area contributed by atoms with Gasteiger partial charge in [-0.2, -0.15) is 0 Å². The Labute approximate surface area is 113 Å². The molecule has 0 aliphatic rings. The van der Waals surface area contributed by atoms with E-state index in [-0.39, 0.29) is 0 Å². The van der Waals surface area contributed by atoms with Gasteiger partial charge in [0.15, 0.2) is 0 Å². The molecule has 0 aliphatic carbocycles. The lowest BCUT2D eigenvalue weighted by molar-refractivity contribution is -0.138. The fourth-order valence-electron chi connectivity index (χ4n) is 2.17. The van der Waals surface area contributed by atoms with Gasteiger partial charge in [0.2, 0.25) is 0 Å². The SMILES string of the molecule is CC(C)CC(Nc1ccc2ccccc2c1)C(=O)O. The molecule has 1 unspecified atom stereocenters. The average molecular weight is 257 g/mol. The number of anilines is 1. The maximum Gasteiger partial charge on any atom is 0.326 e. The van der Waals surface area contributed by atoms with Gasteiger partial charge >= 0.3 is 5.97 Å². The lowest BCUT2D eigenvalue weighted by Crippen LogP contribution is -2.30. The summed E-state index contributed by atoms with van der Waals surface area (Å²) < 4.78 is 0. The van der Waals surface area contributed by atoms with E-state index in [0.717, 1.165) is 16.5 Å². The molecule has 0 heterocycles. The monoisotopic (exact) mass is 257 g/mol. The van der Waals surface area contributed by atoms with Crippen LogP contribution in [0, 0.1) is 5.92 Å². The number of benzene rings is 2. The van der Waals surface area contributed by atoms with E-state index in [1.165, 1.54) is 0 Å². The zero-order chi connectivity index (χ0) is 13.8. The molecule has 0 bridgehead atoms. The summed E-state index contributed by atoms with van der Waals surface area (Å²) in [6.07, 6.45) is 0.613. The number of hydrogen-bond acceptors (Lipinski definition) is 2. The van der Waals surface area contributed by atoms with E-state index in [1.807, 2.05) is 56.3 Å². The van der Waals surface area contributed by atoms with Crippen LogP contribution < -0.4 is 5.32 Å². The number of fused-ring (bicyclic) bond motifs is 1. The molecule has 2 aromatic carbocycles. The molecular weight excluding hydrogens is 238 g/mol. The fraction of sp³-hybridized carbons (Fsp3) is 0.312. The summed E-state index contributed by atoms with van der Waals surface area (Å²) in [7, 11) is 0. The number of carbonyl (C=O) groups is 1. The molecule has 3 heteroatoms. The molecule has 0 aliphatic heterocycles. The number of hydrogen-bond donors (Lipinski definition) is 2. The Kier molecular flexibility index (Phi) is 4.05. The van der Waals surface area contributed by atoms with E-state index in [2.05, 4.69) is 5.32 Å². The van der Waals surface area contributed by atoms with Gasteiger partial charge in [-0.05, 0) is 35.2 Å². The molecule has 2 rings (SSSR count). The first-order valence-corrected chi connectivity index (χ1v) is 6.54. The summed E-state index contributed by atoms with van der Waals surface area (Å²) in [5, 5.41) is 14.6. The van der Waals surface area contributed by atoms with E-state index in [4.69, 9.17) is 0 Å². The topological polar surface area (TPSA) is 49.3 Å². The van der Waals surface area contributed by atoms with E-state index < -0.39 is 12.0 Å². The van der Waals surface area contributed by atoms with Gasteiger partial charge in [-0.25, -0.2) is 4.79 Å². The predicted molar refractivity (Wildman–Crippen MR) is 78.4 cm³/mol.